The molecule has 5 rings (SSSR count). The molecule has 1 fully saturated rings. The number of aromatic nitrogens is 2. The number of ether oxygens (including phenoxy) is 4. The number of carbonyl (C=O) groups excluding carboxylic acids is 1. The first-order valence-corrected chi connectivity index (χ1v) is 20.4. The third kappa shape index (κ3) is 8.75. The Hall–Kier alpha value is -4.29. The fourth-order valence-electron chi connectivity index (χ4n) is 4.95. The van der Waals surface area contributed by atoms with Crippen LogP contribution in [0.25, 0.3) is 10.9 Å². The van der Waals surface area contributed by atoms with Gasteiger partial charge in [0.15, 0.2) is 6.36 Å². The first-order chi connectivity index (χ1) is 22.4. The number of nitriles is 1. The van der Waals surface area contributed by atoms with Gasteiger partial charge in [-0.05, 0) is 54.9 Å². The second-order valence-electron chi connectivity index (χ2n) is 12.5. The van der Waals surface area contributed by atoms with Gasteiger partial charge in [0.2, 0.25) is 0 Å². The molecule has 14 heteroatoms. The Morgan fingerprint density at radius 2 is 1.91 bits per heavy atom. The highest BCUT2D eigenvalue weighted by Crippen LogP contribution is 2.32. The fraction of sp³-hybridized carbons (Fsp3) is 0.364. The zero-order valence-electron chi connectivity index (χ0n) is 26.4. The largest absolute Gasteiger partial charge is 0.492 e. The van der Waals surface area contributed by atoms with Crippen molar-refractivity contribution in [1.82, 2.24) is 14.5 Å². The Morgan fingerprint density at radius 3 is 2.68 bits per heavy atom. The van der Waals surface area contributed by atoms with Crippen molar-refractivity contribution in [3.63, 3.8) is 0 Å². The molecule has 1 aliphatic rings. The van der Waals surface area contributed by atoms with E-state index in [1.807, 2.05) is 12.1 Å². The number of benzene rings is 3. The standard InChI is InChI=1S/C33H37FN4O7SSi/c1-47(2,3)16-15-42-22-38-28-8-6-10-31(27(28)20-36-38)45-30-9-5-4-7-26(30)33(39)37-46(40,41)25-11-12-29(24(18-25)19-35)44-21-23-13-14-43-32(34)17-23/h4-12,18,20,23,32H,13-17,21-22H2,1-3H3,(H,37,39). The van der Waals surface area contributed by atoms with Crippen LogP contribution in [0.15, 0.2) is 71.8 Å². The third-order valence-corrected chi connectivity index (χ3v) is 10.7. The molecule has 0 aliphatic carbocycles. The monoisotopic (exact) mass is 680 g/mol. The molecule has 0 saturated carbocycles. The molecule has 0 bridgehead atoms. The van der Waals surface area contributed by atoms with Gasteiger partial charge in [0, 0.05) is 27.0 Å². The van der Waals surface area contributed by atoms with Crippen molar-refractivity contribution in [2.45, 2.75) is 56.5 Å². The molecule has 1 N–H and O–H groups in total. The summed E-state index contributed by atoms with van der Waals surface area (Å²) in [6.45, 7) is 8.22. The summed E-state index contributed by atoms with van der Waals surface area (Å²) >= 11 is 0. The molecule has 1 saturated heterocycles. The Labute approximate surface area is 274 Å². The number of nitrogens with zero attached hydrogens (tertiary/aromatic N) is 3. The minimum absolute atomic E-state index is 0.0155. The first-order valence-electron chi connectivity index (χ1n) is 15.2. The maximum Gasteiger partial charge on any atom is 0.268 e. The molecule has 47 heavy (non-hydrogen) atoms. The Balaban J connectivity index is 1.28. The van der Waals surface area contributed by atoms with E-state index in [-0.39, 0.29) is 59.8 Å². The van der Waals surface area contributed by atoms with Gasteiger partial charge in [0.05, 0.1) is 46.3 Å². The lowest BCUT2D eigenvalue weighted by atomic mass is 10.0. The van der Waals surface area contributed by atoms with E-state index in [1.165, 1.54) is 18.2 Å². The van der Waals surface area contributed by atoms with Gasteiger partial charge in [0.25, 0.3) is 15.9 Å². The van der Waals surface area contributed by atoms with Crippen LogP contribution in [0.3, 0.4) is 0 Å². The van der Waals surface area contributed by atoms with Gasteiger partial charge in [-0.15, -0.1) is 0 Å². The lowest BCUT2D eigenvalue weighted by molar-refractivity contribution is -0.0916. The van der Waals surface area contributed by atoms with Crippen LogP contribution in [0, 0.1) is 17.2 Å². The van der Waals surface area contributed by atoms with Crippen molar-refractivity contribution in [3.05, 3.63) is 78.0 Å². The van der Waals surface area contributed by atoms with Gasteiger partial charge in [-0.25, -0.2) is 22.2 Å². The summed E-state index contributed by atoms with van der Waals surface area (Å²) in [7, 11) is -5.62. The molecule has 248 valence electrons. The van der Waals surface area contributed by atoms with Crippen LogP contribution in [0.4, 0.5) is 4.39 Å². The van der Waals surface area contributed by atoms with E-state index >= 15 is 0 Å². The number of halogens is 1. The number of nitrogens with one attached hydrogen (secondary N) is 1. The summed E-state index contributed by atoms with van der Waals surface area (Å²) in [5.74, 6) is -0.294. The molecule has 2 unspecified atom stereocenters. The molecule has 0 radical (unpaired) electrons. The van der Waals surface area contributed by atoms with E-state index in [0.29, 0.717) is 24.2 Å². The molecular formula is C33H37FN4O7SSi. The third-order valence-electron chi connectivity index (χ3n) is 7.64. The second kappa shape index (κ2) is 14.6. The molecule has 1 aliphatic heterocycles. The van der Waals surface area contributed by atoms with Crippen molar-refractivity contribution < 1.29 is 36.6 Å². The average molecular weight is 681 g/mol. The minimum Gasteiger partial charge on any atom is -0.492 e. The van der Waals surface area contributed by atoms with Crippen LogP contribution in [0.2, 0.25) is 25.7 Å². The van der Waals surface area contributed by atoms with Crippen LogP contribution in [0.5, 0.6) is 17.2 Å². The van der Waals surface area contributed by atoms with Gasteiger partial charge in [-0.3, -0.25) is 4.79 Å². The zero-order chi connectivity index (χ0) is 33.6. The Bertz CT molecular complexity index is 1890. The topological polar surface area (TPSA) is 142 Å². The number of para-hydroxylation sites is 1. The molecule has 1 aromatic heterocycles. The van der Waals surface area contributed by atoms with Crippen LogP contribution < -0.4 is 14.2 Å². The van der Waals surface area contributed by atoms with Gasteiger partial charge in [0.1, 0.15) is 30.0 Å². The molecule has 1 amide bonds. The van der Waals surface area contributed by atoms with E-state index in [1.54, 1.807) is 41.2 Å². The number of alkyl halides is 1. The molecular weight excluding hydrogens is 644 g/mol. The van der Waals surface area contributed by atoms with Crippen LogP contribution >= 0.6 is 0 Å². The summed E-state index contributed by atoms with van der Waals surface area (Å²) in [6, 6.07) is 18.4. The van der Waals surface area contributed by atoms with Crippen molar-refractivity contribution in [2.75, 3.05) is 19.8 Å². The van der Waals surface area contributed by atoms with E-state index in [4.69, 9.17) is 18.9 Å². The predicted octanol–water partition coefficient (Wildman–Crippen LogP) is 6.23. The lowest BCUT2D eigenvalue weighted by Gasteiger charge is -2.25. The average Bonchev–Trinajstić information content (AvgIpc) is 3.45. The van der Waals surface area contributed by atoms with Gasteiger partial charge < -0.3 is 18.9 Å². The SMILES string of the molecule is C[Si](C)(C)CCOCn1ncc2c(Oc3ccccc3C(=O)NS(=O)(=O)c3ccc(OCC4CCOC(F)C4)c(C#N)c3)cccc21. The summed E-state index contributed by atoms with van der Waals surface area (Å²) in [4.78, 5) is 13.0. The summed E-state index contributed by atoms with van der Waals surface area (Å²) < 4.78 is 66.5. The Morgan fingerprint density at radius 1 is 1.13 bits per heavy atom. The number of hydrogen-bond donors (Lipinski definition) is 1. The molecule has 0 spiro atoms. The zero-order valence-corrected chi connectivity index (χ0v) is 28.3. The quantitative estimate of drug-likeness (QED) is 0.128. The number of fused-ring (bicyclic) bond motifs is 1. The Kier molecular flexibility index (Phi) is 10.6. The highest BCUT2D eigenvalue weighted by atomic mass is 32.2. The van der Waals surface area contributed by atoms with Gasteiger partial charge in [-0.2, -0.15) is 10.4 Å². The normalized spacial score (nSPS) is 16.8. The van der Waals surface area contributed by atoms with E-state index in [2.05, 4.69) is 29.5 Å². The number of hydrogen-bond acceptors (Lipinski definition) is 9. The number of amides is 1. The maximum atomic E-state index is 13.5. The van der Waals surface area contributed by atoms with Crippen molar-refractivity contribution in [3.8, 4) is 23.3 Å². The van der Waals surface area contributed by atoms with E-state index in [9.17, 15) is 22.9 Å². The minimum atomic E-state index is -4.39. The summed E-state index contributed by atoms with van der Waals surface area (Å²) in [6.07, 6.45) is 1.08. The van der Waals surface area contributed by atoms with Crippen LogP contribution in [0.1, 0.15) is 28.8 Å². The van der Waals surface area contributed by atoms with Crippen LogP contribution in [-0.2, 0) is 26.2 Å². The highest BCUT2D eigenvalue weighted by molar-refractivity contribution is 7.90. The number of rotatable bonds is 13. The van der Waals surface area contributed by atoms with E-state index in [0.717, 1.165) is 17.6 Å². The molecule has 4 aromatic rings. The highest BCUT2D eigenvalue weighted by Gasteiger charge is 2.25. The number of sulfonamides is 1. The first kappa shape index (κ1) is 34.1. The number of carbonyl (C=O) groups is 1. The predicted molar refractivity (Wildman–Crippen MR) is 175 cm³/mol. The molecule has 3 aromatic carbocycles. The smallest absolute Gasteiger partial charge is 0.268 e. The second-order valence-corrected chi connectivity index (χ2v) is 19.8. The molecule has 2 atom stereocenters. The lowest BCUT2D eigenvalue weighted by Crippen LogP contribution is -2.31. The molecule has 11 nitrogen and oxygen atoms in total. The fourth-order valence-corrected chi connectivity index (χ4v) is 6.70. The van der Waals surface area contributed by atoms with Crippen molar-refractivity contribution >= 4 is 34.9 Å². The van der Waals surface area contributed by atoms with Crippen molar-refractivity contribution in [1.29, 1.82) is 5.26 Å². The van der Waals surface area contributed by atoms with Crippen molar-refractivity contribution in [2.24, 2.45) is 5.92 Å². The van der Waals surface area contributed by atoms with Gasteiger partial charge >= 0.3 is 0 Å². The maximum absolute atomic E-state index is 13.5. The van der Waals surface area contributed by atoms with Gasteiger partial charge in [-0.1, -0.05) is 37.8 Å². The molecule has 2 heterocycles. The van der Waals surface area contributed by atoms with Crippen LogP contribution in [-0.4, -0.2) is 58.4 Å². The van der Waals surface area contributed by atoms with E-state index < -0.39 is 30.4 Å². The summed E-state index contributed by atoms with van der Waals surface area (Å²) in [5, 5.41) is 14.8. The summed E-state index contributed by atoms with van der Waals surface area (Å²) in [5.41, 5.74) is 0.723.